The zero-order valence-electron chi connectivity index (χ0n) is 11.0. The van der Waals surface area contributed by atoms with Crippen LogP contribution in [-0.2, 0) is 0 Å². The molecule has 0 saturated carbocycles. The van der Waals surface area contributed by atoms with E-state index in [0.29, 0.717) is 0 Å². The van der Waals surface area contributed by atoms with Crippen LogP contribution in [0.3, 0.4) is 0 Å². The summed E-state index contributed by atoms with van der Waals surface area (Å²) in [6, 6.07) is 4.58. The van der Waals surface area contributed by atoms with E-state index in [1.807, 2.05) is 0 Å². The SMILES string of the molecule is Cc1cc(F)c(NC(C)c2ccc(F)cc2F)cc1F. The fourth-order valence-corrected chi connectivity index (χ4v) is 1.92. The van der Waals surface area contributed by atoms with Crippen LogP contribution in [0.5, 0.6) is 0 Å². The minimum Gasteiger partial charge on any atom is -0.376 e. The summed E-state index contributed by atoms with van der Waals surface area (Å²) in [4.78, 5) is 0. The summed E-state index contributed by atoms with van der Waals surface area (Å²) in [7, 11) is 0. The second kappa shape index (κ2) is 5.53. The lowest BCUT2D eigenvalue weighted by Gasteiger charge is -2.17. The van der Waals surface area contributed by atoms with Crippen LogP contribution in [-0.4, -0.2) is 0 Å². The second-order valence-electron chi connectivity index (χ2n) is 4.61. The highest BCUT2D eigenvalue weighted by Gasteiger charge is 2.14. The predicted molar refractivity (Wildman–Crippen MR) is 69.5 cm³/mol. The maximum absolute atomic E-state index is 13.7. The fourth-order valence-electron chi connectivity index (χ4n) is 1.92. The average Bonchev–Trinajstić information content (AvgIpc) is 2.35. The minimum absolute atomic E-state index is 0.0654. The molecule has 0 aliphatic heterocycles. The number of benzene rings is 2. The monoisotopic (exact) mass is 283 g/mol. The van der Waals surface area contributed by atoms with Crippen molar-refractivity contribution in [3.63, 3.8) is 0 Å². The van der Waals surface area contributed by atoms with Crippen LogP contribution < -0.4 is 5.32 Å². The van der Waals surface area contributed by atoms with E-state index < -0.39 is 29.3 Å². The number of halogens is 4. The van der Waals surface area contributed by atoms with E-state index in [9.17, 15) is 17.6 Å². The summed E-state index contributed by atoms with van der Waals surface area (Å²) in [5.74, 6) is -2.61. The van der Waals surface area contributed by atoms with Gasteiger partial charge in [-0.3, -0.25) is 0 Å². The summed E-state index contributed by atoms with van der Waals surface area (Å²) >= 11 is 0. The van der Waals surface area contributed by atoms with Crippen molar-refractivity contribution in [2.75, 3.05) is 5.32 Å². The zero-order chi connectivity index (χ0) is 14.9. The first-order valence-electron chi connectivity index (χ1n) is 6.05. The van der Waals surface area contributed by atoms with Crippen LogP contribution in [0.1, 0.15) is 24.1 Å². The Balaban J connectivity index is 2.27. The average molecular weight is 283 g/mol. The maximum atomic E-state index is 13.7. The standard InChI is InChI=1S/C15H13F4N/c1-8-5-14(19)15(7-12(8)17)20-9(2)11-4-3-10(16)6-13(11)18/h3-7,9,20H,1-2H3. The Kier molecular flexibility index (Phi) is 3.97. The number of nitrogens with one attached hydrogen (secondary N) is 1. The van der Waals surface area contributed by atoms with Gasteiger partial charge in [-0.2, -0.15) is 0 Å². The lowest BCUT2D eigenvalue weighted by atomic mass is 10.1. The molecule has 1 atom stereocenters. The number of hydrogen-bond donors (Lipinski definition) is 1. The molecule has 0 bridgehead atoms. The molecule has 0 aromatic heterocycles. The third-order valence-corrected chi connectivity index (χ3v) is 3.05. The highest BCUT2D eigenvalue weighted by atomic mass is 19.1. The van der Waals surface area contributed by atoms with Gasteiger partial charge in [-0.05, 0) is 31.5 Å². The molecule has 1 N–H and O–H groups in total. The van der Waals surface area contributed by atoms with E-state index in [2.05, 4.69) is 5.32 Å². The van der Waals surface area contributed by atoms with Crippen molar-refractivity contribution in [2.24, 2.45) is 0 Å². The molecule has 2 aromatic rings. The van der Waals surface area contributed by atoms with Gasteiger partial charge >= 0.3 is 0 Å². The van der Waals surface area contributed by atoms with Crippen molar-refractivity contribution in [1.29, 1.82) is 0 Å². The van der Waals surface area contributed by atoms with Gasteiger partial charge in [0.2, 0.25) is 0 Å². The van der Waals surface area contributed by atoms with Gasteiger partial charge in [-0.1, -0.05) is 6.07 Å². The van der Waals surface area contributed by atoms with Crippen LogP contribution in [0.4, 0.5) is 23.2 Å². The number of aryl methyl sites for hydroxylation is 1. The van der Waals surface area contributed by atoms with Crippen molar-refractivity contribution >= 4 is 5.69 Å². The van der Waals surface area contributed by atoms with Gasteiger partial charge in [0.25, 0.3) is 0 Å². The van der Waals surface area contributed by atoms with E-state index in [4.69, 9.17) is 0 Å². The third kappa shape index (κ3) is 2.92. The van der Waals surface area contributed by atoms with E-state index >= 15 is 0 Å². The molecule has 1 nitrogen and oxygen atoms in total. The molecule has 20 heavy (non-hydrogen) atoms. The van der Waals surface area contributed by atoms with Crippen molar-refractivity contribution < 1.29 is 17.6 Å². The van der Waals surface area contributed by atoms with Crippen LogP contribution in [0.2, 0.25) is 0 Å². The van der Waals surface area contributed by atoms with Gasteiger partial charge in [-0.25, -0.2) is 17.6 Å². The zero-order valence-corrected chi connectivity index (χ0v) is 11.0. The first kappa shape index (κ1) is 14.4. The van der Waals surface area contributed by atoms with Crippen LogP contribution in [0.15, 0.2) is 30.3 Å². The molecule has 0 aliphatic rings. The fraction of sp³-hybridized carbons (Fsp3) is 0.200. The second-order valence-corrected chi connectivity index (χ2v) is 4.61. The molecule has 0 aliphatic carbocycles. The quantitative estimate of drug-likeness (QED) is 0.803. The molecule has 0 amide bonds. The van der Waals surface area contributed by atoms with Gasteiger partial charge < -0.3 is 5.32 Å². The van der Waals surface area contributed by atoms with Gasteiger partial charge in [0.05, 0.1) is 11.7 Å². The van der Waals surface area contributed by atoms with E-state index in [1.54, 1.807) is 6.92 Å². The molecule has 0 radical (unpaired) electrons. The maximum Gasteiger partial charge on any atom is 0.146 e. The first-order chi connectivity index (χ1) is 9.38. The van der Waals surface area contributed by atoms with Crippen molar-refractivity contribution in [2.45, 2.75) is 19.9 Å². The molecule has 106 valence electrons. The molecule has 0 saturated heterocycles. The summed E-state index contributed by atoms with van der Waals surface area (Å²) < 4.78 is 53.5. The van der Waals surface area contributed by atoms with Crippen molar-refractivity contribution in [3.8, 4) is 0 Å². The van der Waals surface area contributed by atoms with Gasteiger partial charge in [-0.15, -0.1) is 0 Å². The lowest BCUT2D eigenvalue weighted by Crippen LogP contribution is -2.10. The Labute approximate surface area is 114 Å². The summed E-state index contributed by atoms with van der Waals surface area (Å²) in [5, 5.41) is 2.68. The molecule has 0 heterocycles. The Morgan fingerprint density at radius 3 is 2.25 bits per heavy atom. The minimum atomic E-state index is -0.738. The highest BCUT2D eigenvalue weighted by molar-refractivity contribution is 5.48. The molecule has 2 rings (SSSR count). The Morgan fingerprint density at radius 2 is 1.60 bits per heavy atom. The Hall–Kier alpha value is -2.04. The summed E-state index contributed by atoms with van der Waals surface area (Å²) in [5.41, 5.74) is 0.296. The van der Waals surface area contributed by atoms with Gasteiger partial charge in [0.15, 0.2) is 0 Å². The van der Waals surface area contributed by atoms with Crippen LogP contribution >= 0.6 is 0 Å². The molecule has 2 aromatic carbocycles. The summed E-state index contributed by atoms with van der Waals surface area (Å²) in [6.07, 6.45) is 0. The van der Waals surface area contributed by atoms with Gasteiger partial charge in [0.1, 0.15) is 23.3 Å². The Morgan fingerprint density at radius 1 is 0.900 bits per heavy atom. The topological polar surface area (TPSA) is 12.0 Å². The molecular formula is C15H13F4N. The highest BCUT2D eigenvalue weighted by Crippen LogP contribution is 2.25. The van der Waals surface area contributed by atoms with E-state index in [1.165, 1.54) is 13.0 Å². The van der Waals surface area contributed by atoms with E-state index in [0.717, 1.165) is 24.3 Å². The van der Waals surface area contributed by atoms with Crippen LogP contribution in [0, 0.1) is 30.2 Å². The normalized spacial score (nSPS) is 12.3. The number of rotatable bonds is 3. The predicted octanol–water partition coefficient (Wildman–Crippen LogP) is 4.72. The van der Waals surface area contributed by atoms with Crippen molar-refractivity contribution in [3.05, 3.63) is 64.7 Å². The molecule has 0 fully saturated rings. The first-order valence-corrected chi connectivity index (χ1v) is 6.05. The Bertz CT molecular complexity index is 640. The van der Waals surface area contributed by atoms with Crippen molar-refractivity contribution in [1.82, 2.24) is 0 Å². The molecule has 1 unspecified atom stereocenters. The van der Waals surface area contributed by atoms with E-state index in [-0.39, 0.29) is 16.8 Å². The van der Waals surface area contributed by atoms with Gasteiger partial charge in [0, 0.05) is 17.7 Å². The number of hydrogen-bond acceptors (Lipinski definition) is 1. The number of anilines is 1. The lowest BCUT2D eigenvalue weighted by molar-refractivity contribution is 0.564. The smallest absolute Gasteiger partial charge is 0.146 e. The van der Waals surface area contributed by atoms with Crippen LogP contribution in [0.25, 0.3) is 0 Å². The molecule has 5 heteroatoms. The molecular weight excluding hydrogens is 270 g/mol. The molecule has 0 spiro atoms. The third-order valence-electron chi connectivity index (χ3n) is 3.05. The summed E-state index contributed by atoms with van der Waals surface area (Å²) in [6.45, 7) is 3.03. The largest absolute Gasteiger partial charge is 0.376 e.